The van der Waals surface area contributed by atoms with Gasteiger partial charge in [-0.2, -0.15) is 0 Å². The van der Waals surface area contributed by atoms with Crippen LogP contribution in [0.2, 0.25) is 0 Å². The molecule has 1 aromatic carbocycles. The van der Waals surface area contributed by atoms with Gasteiger partial charge in [0.15, 0.2) is 0 Å². The molecule has 0 amide bonds. The van der Waals surface area contributed by atoms with E-state index in [-0.39, 0.29) is 12.4 Å². The summed E-state index contributed by atoms with van der Waals surface area (Å²) in [5.74, 6) is 2.42. The van der Waals surface area contributed by atoms with Gasteiger partial charge in [-0.1, -0.05) is 21.9 Å². The normalized spacial score (nSPS) is 10.0. The largest absolute Gasteiger partial charge is 0.473 e. The molecule has 0 aliphatic carbocycles. The number of hydrogen-bond donors (Lipinski definition) is 0. The molecule has 4 heteroatoms. The maximum Gasteiger partial charge on any atom is 0.379 e. The van der Waals surface area contributed by atoms with E-state index in [2.05, 4.69) is 21.9 Å². The lowest BCUT2D eigenvalue weighted by Crippen LogP contribution is -2.06. The van der Waals surface area contributed by atoms with E-state index in [1.54, 1.807) is 18.2 Å². The maximum absolute atomic E-state index is 11.5. The Morgan fingerprint density at radius 1 is 1.44 bits per heavy atom. The van der Waals surface area contributed by atoms with Gasteiger partial charge in [-0.05, 0) is 24.3 Å². The van der Waals surface area contributed by atoms with Crippen LogP contribution in [0.1, 0.15) is 0 Å². The standard InChI is InChI=1S/C12H7BrO3/c1-2-5-15-11-7-8-6-9(13)3-4-10(8)16-12(11)14/h1,3-4,6-7H,5H2. The van der Waals surface area contributed by atoms with Crippen molar-refractivity contribution in [2.24, 2.45) is 0 Å². The van der Waals surface area contributed by atoms with Gasteiger partial charge in [0.2, 0.25) is 5.75 Å². The van der Waals surface area contributed by atoms with Gasteiger partial charge < -0.3 is 9.15 Å². The van der Waals surface area contributed by atoms with Crippen LogP contribution in [0, 0.1) is 12.3 Å². The van der Waals surface area contributed by atoms with Crippen molar-refractivity contribution in [2.75, 3.05) is 6.61 Å². The van der Waals surface area contributed by atoms with Crippen LogP contribution in [0.15, 0.2) is 37.9 Å². The summed E-state index contributed by atoms with van der Waals surface area (Å²) in [7, 11) is 0. The van der Waals surface area contributed by atoms with Gasteiger partial charge in [0, 0.05) is 9.86 Å². The summed E-state index contributed by atoms with van der Waals surface area (Å²) < 4.78 is 11.1. The van der Waals surface area contributed by atoms with Crippen LogP contribution >= 0.6 is 15.9 Å². The van der Waals surface area contributed by atoms with Crippen molar-refractivity contribution < 1.29 is 9.15 Å². The summed E-state index contributed by atoms with van der Waals surface area (Å²) in [5, 5.41) is 0.779. The molecular formula is C12H7BrO3. The zero-order chi connectivity index (χ0) is 11.5. The summed E-state index contributed by atoms with van der Waals surface area (Å²) >= 11 is 3.34. The maximum atomic E-state index is 11.5. The lowest BCUT2D eigenvalue weighted by atomic mass is 10.2. The first-order valence-electron chi connectivity index (χ1n) is 4.50. The van der Waals surface area contributed by atoms with Gasteiger partial charge >= 0.3 is 5.63 Å². The highest BCUT2D eigenvalue weighted by atomic mass is 79.9. The van der Waals surface area contributed by atoms with Gasteiger partial charge in [0.05, 0.1) is 0 Å². The SMILES string of the molecule is C#CCOc1cc2cc(Br)ccc2oc1=O. The van der Waals surface area contributed by atoms with Crippen LogP contribution < -0.4 is 10.4 Å². The zero-order valence-electron chi connectivity index (χ0n) is 8.20. The molecule has 3 nitrogen and oxygen atoms in total. The average Bonchev–Trinajstić information content (AvgIpc) is 2.27. The Labute approximate surface area is 100 Å². The minimum atomic E-state index is -0.523. The molecular weight excluding hydrogens is 272 g/mol. The molecule has 0 bridgehead atoms. The van der Waals surface area contributed by atoms with Crippen molar-refractivity contribution >= 4 is 26.9 Å². The second-order valence-corrected chi connectivity index (χ2v) is 3.99. The molecule has 1 aromatic heterocycles. The van der Waals surface area contributed by atoms with Crippen LogP contribution in [0.3, 0.4) is 0 Å². The lowest BCUT2D eigenvalue weighted by Gasteiger charge is -2.02. The van der Waals surface area contributed by atoms with Gasteiger partial charge in [0.1, 0.15) is 12.2 Å². The fourth-order valence-corrected chi connectivity index (χ4v) is 1.67. The molecule has 0 saturated carbocycles. The quantitative estimate of drug-likeness (QED) is 0.626. The van der Waals surface area contributed by atoms with Gasteiger partial charge in [-0.25, -0.2) is 4.79 Å². The molecule has 2 rings (SSSR count). The highest BCUT2D eigenvalue weighted by Crippen LogP contribution is 2.21. The number of ether oxygens (including phenoxy) is 1. The monoisotopic (exact) mass is 278 g/mol. The van der Waals surface area contributed by atoms with Crippen LogP contribution in [0.5, 0.6) is 5.75 Å². The first-order valence-corrected chi connectivity index (χ1v) is 5.29. The summed E-state index contributed by atoms with van der Waals surface area (Å²) in [6, 6.07) is 6.96. The summed E-state index contributed by atoms with van der Waals surface area (Å²) in [5.41, 5.74) is -0.00803. The second kappa shape index (κ2) is 4.42. The van der Waals surface area contributed by atoms with Crippen molar-refractivity contribution in [3.8, 4) is 18.1 Å². The molecule has 0 saturated heterocycles. The summed E-state index contributed by atoms with van der Waals surface area (Å²) in [4.78, 5) is 11.5. The first kappa shape index (κ1) is 10.8. The van der Waals surface area contributed by atoms with Gasteiger partial charge in [0.25, 0.3) is 0 Å². The zero-order valence-corrected chi connectivity index (χ0v) is 9.78. The highest BCUT2D eigenvalue weighted by molar-refractivity contribution is 9.10. The summed E-state index contributed by atoms with van der Waals surface area (Å²) in [6.07, 6.45) is 5.05. The first-order chi connectivity index (χ1) is 7.70. The third-order valence-electron chi connectivity index (χ3n) is 1.97. The minimum Gasteiger partial charge on any atom is -0.473 e. The number of hydrogen-bond acceptors (Lipinski definition) is 3. The Kier molecular flexibility index (Phi) is 2.97. The Morgan fingerprint density at radius 3 is 3.00 bits per heavy atom. The number of fused-ring (bicyclic) bond motifs is 1. The van der Waals surface area contributed by atoms with Crippen molar-refractivity contribution in [3.63, 3.8) is 0 Å². The average molecular weight is 279 g/mol. The van der Waals surface area contributed by atoms with E-state index in [9.17, 15) is 4.79 Å². The molecule has 80 valence electrons. The van der Waals surface area contributed by atoms with E-state index >= 15 is 0 Å². The van der Waals surface area contributed by atoms with Crippen LogP contribution in [0.4, 0.5) is 0 Å². The van der Waals surface area contributed by atoms with E-state index in [4.69, 9.17) is 15.6 Å². The molecule has 1 heterocycles. The predicted octanol–water partition coefficient (Wildman–Crippen LogP) is 2.57. The molecule has 0 atom stereocenters. The lowest BCUT2D eigenvalue weighted by molar-refractivity contribution is 0.348. The predicted molar refractivity (Wildman–Crippen MR) is 64.5 cm³/mol. The molecule has 0 aliphatic rings. The molecule has 0 fully saturated rings. The molecule has 2 aromatic rings. The number of benzene rings is 1. The van der Waals surface area contributed by atoms with E-state index < -0.39 is 5.63 Å². The molecule has 16 heavy (non-hydrogen) atoms. The number of rotatable bonds is 2. The Bertz CT molecular complexity index is 622. The molecule has 0 spiro atoms. The Balaban J connectivity index is 2.56. The highest BCUT2D eigenvalue weighted by Gasteiger charge is 2.05. The van der Waals surface area contributed by atoms with Crippen LogP contribution in [-0.4, -0.2) is 6.61 Å². The topological polar surface area (TPSA) is 39.4 Å². The summed E-state index contributed by atoms with van der Waals surface area (Å²) in [6.45, 7) is 0.0459. The van der Waals surface area contributed by atoms with E-state index in [0.717, 1.165) is 9.86 Å². The fraction of sp³-hybridized carbons (Fsp3) is 0.0833. The van der Waals surface area contributed by atoms with Crippen molar-refractivity contribution in [1.29, 1.82) is 0 Å². The fourth-order valence-electron chi connectivity index (χ4n) is 1.30. The van der Waals surface area contributed by atoms with E-state index in [1.807, 2.05) is 6.07 Å². The molecule has 0 unspecified atom stereocenters. The third-order valence-corrected chi connectivity index (χ3v) is 2.47. The Hall–Kier alpha value is -1.73. The molecule has 0 N–H and O–H groups in total. The second-order valence-electron chi connectivity index (χ2n) is 3.07. The van der Waals surface area contributed by atoms with Crippen LogP contribution in [-0.2, 0) is 0 Å². The molecule has 0 radical (unpaired) electrons. The van der Waals surface area contributed by atoms with E-state index in [0.29, 0.717) is 5.58 Å². The Morgan fingerprint density at radius 2 is 2.25 bits per heavy atom. The minimum absolute atomic E-state index is 0.0459. The van der Waals surface area contributed by atoms with Crippen molar-refractivity contribution in [1.82, 2.24) is 0 Å². The van der Waals surface area contributed by atoms with Crippen molar-refractivity contribution in [2.45, 2.75) is 0 Å². The van der Waals surface area contributed by atoms with Crippen LogP contribution in [0.25, 0.3) is 11.0 Å². The number of terminal acetylenes is 1. The van der Waals surface area contributed by atoms with Gasteiger partial charge in [-0.15, -0.1) is 6.42 Å². The van der Waals surface area contributed by atoms with Crippen molar-refractivity contribution in [3.05, 3.63) is 39.2 Å². The number of halogens is 1. The van der Waals surface area contributed by atoms with Gasteiger partial charge in [-0.3, -0.25) is 0 Å². The molecule has 0 aliphatic heterocycles. The third kappa shape index (κ3) is 2.10. The smallest absolute Gasteiger partial charge is 0.379 e. The van der Waals surface area contributed by atoms with E-state index in [1.165, 1.54) is 0 Å².